The average Bonchev–Trinajstić information content (AvgIpc) is 2.83. The van der Waals surface area contributed by atoms with E-state index in [-0.39, 0.29) is 37.6 Å². The van der Waals surface area contributed by atoms with Gasteiger partial charge in [-0.3, -0.25) is 4.79 Å². The number of rotatable bonds is 7. The molecule has 1 saturated carbocycles. The molecule has 8 heteroatoms. The van der Waals surface area contributed by atoms with Crippen molar-refractivity contribution in [1.82, 2.24) is 5.32 Å². The number of esters is 1. The molecule has 0 heterocycles. The molecule has 0 saturated heterocycles. The largest absolute Gasteiger partial charge is 0.444 e. The molecule has 0 spiro atoms. The number of nitrogens with one attached hydrogen (secondary N) is 1. The highest BCUT2D eigenvalue weighted by molar-refractivity contribution is 5.73. The lowest BCUT2D eigenvalue weighted by atomic mass is 10.1. The van der Waals surface area contributed by atoms with E-state index in [2.05, 4.69) is 5.32 Å². The second kappa shape index (κ2) is 9.05. The lowest BCUT2D eigenvalue weighted by molar-refractivity contribution is -0.159. The number of carbonyl (C=O) groups excluding carboxylic acids is 2. The predicted molar refractivity (Wildman–Crippen MR) is 80.6 cm³/mol. The van der Waals surface area contributed by atoms with Crippen molar-refractivity contribution in [3.63, 3.8) is 0 Å². The van der Waals surface area contributed by atoms with E-state index in [0.717, 1.165) is 0 Å². The molecule has 0 unspecified atom stereocenters. The van der Waals surface area contributed by atoms with Gasteiger partial charge in [0.15, 0.2) is 6.79 Å². The summed E-state index contributed by atoms with van der Waals surface area (Å²) in [6.45, 7) is 5.33. The van der Waals surface area contributed by atoms with E-state index in [1.807, 2.05) is 0 Å². The smallest absolute Gasteiger partial charge is 0.407 e. The van der Waals surface area contributed by atoms with Crippen LogP contribution in [0, 0.1) is 5.92 Å². The second-order valence-electron chi connectivity index (χ2n) is 6.40. The number of alkyl carbamates (subject to hydrolysis) is 1. The van der Waals surface area contributed by atoms with Gasteiger partial charge < -0.3 is 29.0 Å². The summed E-state index contributed by atoms with van der Waals surface area (Å²) in [6, 6.07) is -0.347. The van der Waals surface area contributed by atoms with Gasteiger partial charge in [-0.1, -0.05) is 0 Å². The highest BCUT2D eigenvalue weighted by atomic mass is 16.7. The van der Waals surface area contributed by atoms with Crippen molar-refractivity contribution in [3.8, 4) is 0 Å². The third-order valence-corrected chi connectivity index (χ3v) is 3.26. The van der Waals surface area contributed by atoms with Crippen molar-refractivity contribution in [1.29, 1.82) is 0 Å². The molecule has 1 fully saturated rings. The molecule has 0 aromatic carbocycles. The van der Waals surface area contributed by atoms with Crippen molar-refractivity contribution in [2.75, 3.05) is 27.8 Å². The first-order chi connectivity index (χ1) is 10.8. The maximum atomic E-state index is 12.0. The monoisotopic (exact) mass is 333 g/mol. The normalized spacial score (nSPS) is 24.3. The first kappa shape index (κ1) is 19.7. The van der Waals surface area contributed by atoms with Crippen LogP contribution in [0.25, 0.3) is 0 Å². The minimum absolute atomic E-state index is 0.0804. The standard InChI is InChI=1S/C15H27NO7/c1-15(2,3)23-14(18)16-11-6-10(13(17)22-9-20-5)7-12(11)21-8-19-4/h10-12H,6-9H2,1-5H3,(H,16,18)/t10-,11+,12-/m1/s1. The topological polar surface area (TPSA) is 92.3 Å². The minimum atomic E-state index is -0.595. The van der Waals surface area contributed by atoms with Crippen LogP contribution < -0.4 is 5.32 Å². The van der Waals surface area contributed by atoms with E-state index in [1.54, 1.807) is 20.8 Å². The summed E-state index contributed by atoms with van der Waals surface area (Å²) in [5.74, 6) is -0.738. The Bertz CT molecular complexity index is 394. The Morgan fingerprint density at radius 2 is 1.74 bits per heavy atom. The Hall–Kier alpha value is -1.38. The van der Waals surface area contributed by atoms with Crippen LogP contribution in [0.5, 0.6) is 0 Å². The molecule has 0 radical (unpaired) electrons. The Labute approximate surface area is 136 Å². The average molecular weight is 333 g/mol. The van der Waals surface area contributed by atoms with Crippen molar-refractivity contribution in [2.24, 2.45) is 5.92 Å². The summed E-state index contributed by atoms with van der Waals surface area (Å²) in [5, 5.41) is 2.75. The van der Waals surface area contributed by atoms with Crippen molar-refractivity contribution >= 4 is 12.1 Å². The predicted octanol–water partition coefficient (Wildman–Crippen LogP) is 1.43. The fourth-order valence-corrected chi connectivity index (χ4v) is 2.38. The Balaban J connectivity index is 2.62. The minimum Gasteiger partial charge on any atom is -0.444 e. The molecule has 1 aliphatic carbocycles. The lowest BCUT2D eigenvalue weighted by Gasteiger charge is -2.24. The Morgan fingerprint density at radius 3 is 2.30 bits per heavy atom. The van der Waals surface area contributed by atoms with Gasteiger partial charge in [0, 0.05) is 14.2 Å². The number of hydrogen-bond donors (Lipinski definition) is 1. The molecule has 3 atom stereocenters. The first-order valence-corrected chi connectivity index (χ1v) is 7.52. The van der Waals surface area contributed by atoms with Crippen LogP contribution in [0.15, 0.2) is 0 Å². The van der Waals surface area contributed by atoms with Crippen LogP contribution in [0.1, 0.15) is 33.6 Å². The van der Waals surface area contributed by atoms with Gasteiger partial charge in [0.25, 0.3) is 0 Å². The summed E-state index contributed by atoms with van der Waals surface area (Å²) < 4.78 is 25.4. The molecule has 0 aliphatic heterocycles. The van der Waals surface area contributed by atoms with Crippen molar-refractivity contribution < 1.29 is 33.3 Å². The van der Waals surface area contributed by atoms with Crippen LogP contribution in [0.4, 0.5) is 4.79 Å². The zero-order chi connectivity index (χ0) is 17.5. The zero-order valence-electron chi connectivity index (χ0n) is 14.4. The fourth-order valence-electron chi connectivity index (χ4n) is 2.38. The number of amides is 1. The molecular weight excluding hydrogens is 306 g/mol. The number of carbonyl (C=O) groups is 2. The maximum absolute atomic E-state index is 12.0. The highest BCUT2D eigenvalue weighted by Gasteiger charge is 2.41. The summed E-state index contributed by atoms with van der Waals surface area (Å²) in [5.41, 5.74) is -0.595. The van der Waals surface area contributed by atoms with Crippen molar-refractivity contribution in [3.05, 3.63) is 0 Å². The third kappa shape index (κ3) is 7.15. The van der Waals surface area contributed by atoms with Crippen LogP contribution >= 0.6 is 0 Å². The van der Waals surface area contributed by atoms with Gasteiger partial charge >= 0.3 is 12.1 Å². The molecule has 1 amide bonds. The quantitative estimate of drug-likeness (QED) is 0.556. The molecule has 1 aliphatic rings. The van der Waals surface area contributed by atoms with E-state index < -0.39 is 11.7 Å². The Kier molecular flexibility index (Phi) is 7.74. The van der Waals surface area contributed by atoms with Crippen LogP contribution in [0.3, 0.4) is 0 Å². The van der Waals surface area contributed by atoms with Crippen molar-refractivity contribution in [2.45, 2.75) is 51.4 Å². The third-order valence-electron chi connectivity index (χ3n) is 3.26. The van der Waals surface area contributed by atoms with Crippen LogP contribution in [-0.2, 0) is 28.5 Å². The molecule has 23 heavy (non-hydrogen) atoms. The summed E-state index contributed by atoms with van der Waals surface area (Å²) in [7, 11) is 2.95. The SMILES string of the molecule is COCOC(=O)[C@@H]1C[C@H](NC(=O)OC(C)(C)C)[C@H](OCOC)C1. The summed E-state index contributed by atoms with van der Waals surface area (Å²) >= 11 is 0. The molecule has 8 nitrogen and oxygen atoms in total. The van der Waals surface area contributed by atoms with E-state index in [4.69, 9.17) is 23.7 Å². The fraction of sp³-hybridized carbons (Fsp3) is 0.867. The number of hydrogen-bond acceptors (Lipinski definition) is 7. The second-order valence-corrected chi connectivity index (χ2v) is 6.40. The van der Waals surface area contributed by atoms with Gasteiger partial charge in [0.05, 0.1) is 18.1 Å². The van der Waals surface area contributed by atoms with Crippen LogP contribution in [0.2, 0.25) is 0 Å². The maximum Gasteiger partial charge on any atom is 0.407 e. The molecule has 0 aromatic rings. The molecule has 1 N–H and O–H groups in total. The molecule has 0 bridgehead atoms. The first-order valence-electron chi connectivity index (χ1n) is 7.52. The lowest BCUT2D eigenvalue weighted by Crippen LogP contribution is -2.43. The van der Waals surface area contributed by atoms with E-state index >= 15 is 0 Å². The zero-order valence-corrected chi connectivity index (χ0v) is 14.4. The van der Waals surface area contributed by atoms with Gasteiger partial charge in [0.2, 0.25) is 0 Å². The molecule has 134 valence electrons. The Morgan fingerprint density at radius 1 is 1.09 bits per heavy atom. The molecule has 0 aromatic heterocycles. The van der Waals surface area contributed by atoms with Crippen LogP contribution in [-0.4, -0.2) is 57.6 Å². The highest BCUT2D eigenvalue weighted by Crippen LogP contribution is 2.30. The van der Waals surface area contributed by atoms with Gasteiger partial charge in [-0.2, -0.15) is 0 Å². The molecule has 1 rings (SSSR count). The summed E-state index contributed by atoms with van der Waals surface area (Å²) in [6.07, 6.45) is -0.0373. The van der Waals surface area contributed by atoms with E-state index in [1.165, 1.54) is 14.2 Å². The van der Waals surface area contributed by atoms with Gasteiger partial charge in [0.1, 0.15) is 12.4 Å². The van der Waals surface area contributed by atoms with Gasteiger partial charge in [-0.25, -0.2) is 4.79 Å². The summed E-state index contributed by atoms with van der Waals surface area (Å²) in [4.78, 5) is 23.9. The van der Waals surface area contributed by atoms with Gasteiger partial charge in [-0.15, -0.1) is 0 Å². The van der Waals surface area contributed by atoms with E-state index in [0.29, 0.717) is 12.8 Å². The number of ether oxygens (including phenoxy) is 5. The van der Waals surface area contributed by atoms with E-state index in [9.17, 15) is 9.59 Å². The molecular formula is C15H27NO7. The number of methoxy groups -OCH3 is 2. The van der Waals surface area contributed by atoms with Gasteiger partial charge in [-0.05, 0) is 33.6 Å².